The molecule has 19 heavy (non-hydrogen) atoms. The number of hydrogen-bond acceptors (Lipinski definition) is 3. The fourth-order valence-corrected chi connectivity index (χ4v) is 3.58. The third kappa shape index (κ3) is 2.50. The van der Waals surface area contributed by atoms with E-state index in [9.17, 15) is 4.79 Å². The summed E-state index contributed by atoms with van der Waals surface area (Å²) >= 11 is 13.4. The predicted octanol–water partition coefficient (Wildman–Crippen LogP) is 5.04. The summed E-state index contributed by atoms with van der Waals surface area (Å²) in [4.78, 5) is 17.7. The molecule has 0 radical (unpaired) electrons. The Morgan fingerprint density at radius 2 is 2.21 bits per heavy atom. The highest BCUT2D eigenvalue weighted by atomic mass is 35.5. The molecule has 0 saturated carbocycles. The van der Waals surface area contributed by atoms with E-state index in [1.54, 1.807) is 23.9 Å². The number of carbonyl (C=O) groups excluding carboxylic acids is 1. The maximum Gasteiger partial charge on any atom is 0.252 e. The molecule has 1 aliphatic carbocycles. The minimum absolute atomic E-state index is 0.435. The molecule has 0 unspecified atom stereocenters. The Balaban J connectivity index is 2.12. The van der Waals surface area contributed by atoms with Gasteiger partial charge in [0.25, 0.3) is 5.24 Å². The first kappa shape index (κ1) is 13.0. The summed E-state index contributed by atoms with van der Waals surface area (Å²) in [5.74, 6) is 0. The van der Waals surface area contributed by atoms with Crippen LogP contribution in [0.25, 0.3) is 0 Å². The number of halogens is 2. The number of benzene rings is 1. The fraction of sp³-hybridized carbons (Fsp3) is 0.143. The summed E-state index contributed by atoms with van der Waals surface area (Å²) in [6.45, 7) is 0. The summed E-state index contributed by atoms with van der Waals surface area (Å²) in [7, 11) is 0. The van der Waals surface area contributed by atoms with Gasteiger partial charge in [0, 0.05) is 20.9 Å². The van der Waals surface area contributed by atoms with E-state index >= 15 is 0 Å². The topological polar surface area (TPSA) is 29.4 Å². The quantitative estimate of drug-likeness (QED) is 0.680. The molecular weight excluding hydrogens is 301 g/mol. The lowest BCUT2D eigenvalue weighted by Gasteiger charge is -2.11. The minimum atomic E-state index is -0.485. The lowest BCUT2D eigenvalue weighted by molar-refractivity contribution is 0.108. The molecule has 0 saturated heterocycles. The standard InChI is InChI=1S/C14H9Cl2NOS/c15-13-9-3-1-2-4-11(9)19-12-6-5-8(14(16)18)7-10(12)17-13/h2,4-7H,1,3H2. The summed E-state index contributed by atoms with van der Waals surface area (Å²) in [6.07, 6.45) is 6.10. The molecule has 3 rings (SSSR count). The summed E-state index contributed by atoms with van der Waals surface area (Å²) in [5.41, 5.74) is 2.21. The molecule has 5 heteroatoms. The maximum atomic E-state index is 11.2. The van der Waals surface area contributed by atoms with Gasteiger partial charge >= 0.3 is 0 Å². The largest absolute Gasteiger partial charge is 0.276 e. The van der Waals surface area contributed by atoms with Crippen LogP contribution in [0.4, 0.5) is 5.69 Å². The van der Waals surface area contributed by atoms with E-state index in [1.165, 1.54) is 0 Å². The average Bonchev–Trinajstić information content (AvgIpc) is 2.54. The Hall–Kier alpha value is -1.03. The van der Waals surface area contributed by atoms with Crippen LogP contribution in [0.5, 0.6) is 0 Å². The molecule has 1 aromatic rings. The molecule has 2 nitrogen and oxygen atoms in total. The van der Waals surface area contributed by atoms with Crippen molar-refractivity contribution in [2.45, 2.75) is 17.7 Å². The molecule has 0 bridgehead atoms. The van der Waals surface area contributed by atoms with E-state index in [-0.39, 0.29) is 0 Å². The number of fused-ring (bicyclic) bond motifs is 1. The van der Waals surface area contributed by atoms with Gasteiger partial charge in [0.15, 0.2) is 0 Å². The van der Waals surface area contributed by atoms with Crippen molar-refractivity contribution in [3.05, 3.63) is 46.4 Å². The number of allylic oxidation sites excluding steroid dienone is 3. The lowest BCUT2D eigenvalue weighted by atomic mass is 10.1. The third-order valence-electron chi connectivity index (χ3n) is 3.00. The highest BCUT2D eigenvalue weighted by molar-refractivity contribution is 8.03. The Morgan fingerprint density at radius 3 is 3.00 bits per heavy atom. The molecule has 1 heterocycles. The average molecular weight is 310 g/mol. The monoisotopic (exact) mass is 309 g/mol. The number of hydrogen-bond donors (Lipinski definition) is 0. The summed E-state index contributed by atoms with van der Waals surface area (Å²) in [5, 5.41) is 0.0192. The smallest absolute Gasteiger partial charge is 0.252 e. The number of thioether (sulfide) groups is 1. The van der Waals surface area contributed by atoms with Crippen molar-refractivity contribution in [2.24, 2.45) is 4.99 Å². The molecule has 0 amide bonds. The van der Waals surface area contributed by atoms with E-state index in [0.29, 0.717) is 16.4 Å². The van der Waals surface area contributed by atoms with Gasteiger partial charge in [-0.3, -0.25) is 4.79 Å². The fourth-order valence-electron chi connectivity index (χ4n) is 2.05. The van der Waals surface area contributed by atoms with E-state index in [4.69, 9.17) is 23.2 Å². The zero-order chi connectivity index (χ0) is 13.4. The van der Waals surface area contributed by atoms with E-state index in [0.717, 1.165) is 28.2 Å². The van der Waals surface area contributed by atoms with Gasteiger partial charge in [0.2, 0.25) is 0 Å². The van der Waals surface area contributed by atoms with Crippen molar-refractivity contribution in [3.8, 4) is 0 Å². The highest BCUT2D eigenvalue weighted by Gasteiger charge is 2.20. The van der Waals surface area contributed by atoms with Gasteiger partial charge in [-0.15, -0.1) is 0 Å². The van der Waals surface area contributed by atoms with Crippen LogP contribution in [0.2, 0.25) is 0 Å². The number of nitrogens with zero attached hydrogens (tertiary/aromatic N) is 1. The van der Waals surface area contributed by atoms with Gasteiger partial charge in [0.1, 0.15) is 5.17 Å². The predicted molar refractivity (Wildman–Crippen MR) is 80.8 cm³/mol. The van der Waals surface area contributed by atoms with Gasteiger partial charge in [0.05, 0.1) is 5.69 Å². The van der Waals surface area contributed by atoms with Crippen LogP contribution in [0, 0.1) is 0 Å². The first-order valence-electron chi connectivity index (χ1n) is 5.81. The number of aliphatic imine (C=N–C) groups is 1. The molecule has 1 aliphatic heterocycles. The zero-order valence-corrected chi connectivity index (χ0v) is 12.1. The second-order valence-electron chi connectivity index (χ2n) is 4.24. The van der Waals surface area contributed by atoms with Crippen LogP contribution in [0.15, 0.2) is 50.7 Å². The normalized spacial score (nSPS) is 17.5. The Labute approximate surface area is 125 Å². The van der Waals surface area contributed by atoms with E-state index < -0.39 is 5.24 Å². The Kier molecular flexibility index (Phi) is 3.52. The Bertz CT molecular complexity index is 661. The van der Waals surface area contributed by atoms with Crippen LogP contribution >= 0.6 is 35.0 Å². The van der Waals surface area contributed by atoms with E-state index in [2.05, 4.69) is 17.1 Å². The van der Waals surface area contributed by atoms with Crippen molar-refractivity contribution >= 4 is 51.1 Å². The first-order chi connectivity index (χ1) is 9.15. The molecule has 2 aliphatic rings. The summed E-state index contributed by atoms with van der Waals surface area (Å²) < 4.78 is 0. The first-order valence-corrected chi connectivity index (χ1v) is 7.38. The zero-order valence-electron chi connectivity index (χ0n) is 9.82. The summed E-state index contributed by atoms with van der Waals surface area (Å²) in [6, 6.07) is 5.26. The number of carbonyl (C=O) groups is 1. The number of rotatable bonds is 1. The van der Waals surface area contributed by atoms with Crippen LogP contribution in [-0.2, 0) is 0 Å². The second kappa shape index (κ2) is 5.16. The van der Waals surface area contributed by atoms with Crippen LogP contribution in [0.3, 0.4) is 0 Å². The van der Waals surface area contributed by atoms with Crippen LogP contribution in [0.1, 0.15) is 23.2 Å². The van der Waals surface area contributed by atoms with Gasteiger partial charge in [-0.2, -0.15) is 0 Å². The molecule has 0 N–H and O–H groups in total. The maximum absolute atomic E-state index is 11.2. The molecule has 0 fully saturated rings. The van der Waals surface area contributed by atoms with Gasteiger partial charge < -0.3 is 0 Å². The molecule has 0 spiro atoms. The van der Waals surface area contributed by atoms with E-state index in [1.807, 2.05) is 6.07 Å². The second-order valence-corrected chi connectivity index (χ2v) is 6.03. The van der Waals surface area contributed by atoms with Crippen LogP contribution < -0.4 is 0 Å². The van der Waals surface area contributed by atoms with Crippen molar-refractivity contribution in [1.82, 2.24) is 0 Å². The molecule has 0 atom stereocenters. The molecule has 1 aromatic carbocycles. The lowest BCUT2D eigenvalue weighted by Crippen LogP contribution is -1.98. The highest BCUT2D eigenvalue weighted by Crippen LogP contribution is 2.43. The molecule has 96 valence electrons. The minimum Gasteiger partial charge on any atom is -0.276 e. The third-order valence-corrected chi connectivity index (χ3v) is 4.70. The molecular formula is C14H9Cl2NOS. The van der Waals surface area contributed by atoms with Crippen molar-refractivity contribution < 1.29 is 4.79 Å². The van der Waals surface area contributed by atoms with Gasteiger partial charge in [-0.25, -0.2) is 4.99 Å². The van der Waals surface area contributed by atoms with Crippen molar-refractivity contribution in [3.63, 3.8) is 0 Å². The van der Waals surface area contributed by atoms with Gasteiger partial charge in [-0.05, 0) is 42.6 Å². The van der Waals surface area contributed by atoms with Gasteiger partial charge in [-0.1, -0.05) is 35.5 Å². The van der Waals surface area contributed by atoms with Crippen molar-refractivity contribution in [1.29, 1.82) is 0 Å². The van der Waals surface area contributed by atoms with Crippen LogP contribution in [-0.4, -0.2) is 10.4 Å². The molecule has 0 aromatic heterocycles. The van der Waals surface area contributed by atoms with Crippen molar-refractivity contribution in [2.75, 3.05) is 0 Å². The Morgan fingerprint density at radius 1 is 1.37 bits per heavy atom. The SMILES string of the molecule is O=C(Cl)c1ccc2c(c1)N=C(Cl)C1=C(C=CCC1)S2.